The SMILES string of the molecule is C#CCOc1cc(COP(OCC)OCC)cc(OCOC)c1. The Labute approximate surface area is 139 Å². The molecule has 1 aromatic rings. The summed E-state index contributed by atoms with van der Waals surface area (Å²) in [6.07, 6.45) is 5.22. The maximum Gasteiger partial charge on any atom is 0.332 e. The fourth-order valence-corrected chi connectivity index (χ4v) is 2.48. The normalized spacial score (nSPS) is 10.6. The maximum atomic E-state index is 5.67. The lowest BCUT2D eigenvalue weighted by atomic mass is 10.2. The van der Waals surface area contributed by atoms with Crippen molar-refractivity contribution in [3.8, 4) is 23.8 Å². The van der Waals surface area contributed by atoms with Gasteiger partial charge in [-0.25, -0.2) is 0 Å². The molecule has 23 heavy (non-hydrogen) atoms. The lowest BCUT2D eigenvalue weighted by Crippen LogP contribution is -2.02. The number of hydrogen-bond acceptors (Lipinski definition) is 6. The van der Waals surface area contributed by atoms with Crippen LogP contribution in [-0.4, -0.2) is 33.7 Å². The summed E-state index contributed by atoms with van der Waals surface area (Å²) in [4.78, 5) is 0. The van der Waals surface area contributed by atoms with Crippen molar-refractivity contribution in [1.82, 2.24) is 0 Å². The van der Waals surface area contributed by atoms with Crippen molar-refractivity contribution in [3.63, 3.8) is 0 Å². The van der Waals surface area contributed by atoms with Crippen LogP contribution >= 0.6 is 8.60 Å². The molecule has 7 heteroatoms. The second-order valence-corrected chi connectivity index (χ2v) is 5.41. The summed E-state index contributed by atoms with van der Waals surface area (Å²) in [5.74, 6) is 3.64. The average Bonchev–Trinajstić information content (AvgIpc) is 2.56. The summed E-state index contributed by atoms with van der Waals surface area (Å²) < 4.78 is 32.3. The monoisotopic (exact) mass is 342 g/mol. The quantitative estimate of drug-likeness (QED) is 0.329. The van der Waals surface area contributed by atoms with E-state index in [1.165, 1.54) is 0 Å². The predicted octanol–water partition coefficient (Wildman–Crippen LogP) is 3.50. The minimum absolute atomic E-state index is 0.142. The van der Waals surface area contributed by atoms with Crippen molar-refractivity contribution in [2.75, 3.05) is 33.7 Å². The van der Waals surface area contributed by atoms with Gasteiger partial charge >= 0.3 is 8.60 Å². The Morgan fingerprint density at radius 3 is 2.22 bits per heavy atom. The second-order valence-electron chi connectivity index (χ2n) is 4.19. The fourth-order valence-electron chi connectivity index (χ4n) is 1.58. The van der Waals surface area contributed by atoms with E-state index in [1.54, 1.807) is 13.2 Å². The lowest BCUT2D eigenvalue weighted by molar-refractivity contribution is 0.0508. The Bertz CT molecular complexity index is 482. The van der Waals surface area contributed by atoms with E-state index in [4.69, 9.17) is 34.2 Å². The Kier molecular flexibility index (Phi) is 10.4. The third-order valence-corrected chi connectivity index (χ3v) is 3.69. The molecule has 1 rings (SSSR count). The maximum absolute atomic E-state index is 5.67. The van der Waals surface area contributed by atoms with Crippen LogP contribution in [0.25, 0.3) is 0 Å². The standard InChI is InChI=1S/C16H23O6P/c1-5-8-18-15-9-14(10-16(11-15)19-13-17-4)12-22-23(20-6-2)21-7-3/h1,9-11H,6-8,12-13H2,2-4H3. The van der Waals surface area contributed by atoms with Gasteiger partial charge in [0.25, 0.3) is 0 Å². The minimum atomic E-state index is -1.36. The molecule has 0 bridgehead atoms. The van der Waals surface area contributed by atoms with Crippen LogP contribution in [0, 0.1) is 12.3 Å². The molecular formula is C16H23O6P. The number of rotatable bonds is 12. The van der Waals surface area contributed by atoms with E-state index < -0.39 is 8.60 Å². The summed E-state index contributed by atoms with van der Waals surface area (Å²) >= 11 is 0. The van der Waals surface area contributed by atoms with E-state index in [0.29, 0.717) is 31.3 Å². The fraction of sp³-hybridized carbons (Fsp3) is 0.500. The van der Waals surface area contributed by atoms with Gasteiger partial charge in [-0.3, -0.25) is 0 Å². The van der Waals surface area contributed by atoms with Crippen molar-refractivity contribution < 1.29 is 27.8 Å². The summed E-state index contributed by atoms with van der Waals surface area (Å²) in [6, 6.07) is 5.42. The first-order valence-corrected chi connectivity index (χ1v) is 8.33. The van der Waals surface area contributed by atoms with Crippen LogP contribution in [0.4, 0.5) is 0 Å². The molecule has 128 valence electrons. The molecule has 0 atom stereocenters. The van der Waals surface area contributed by atoms with E-state index in [2.05, 4.69) is 5.92 Å². The highest BCUT2D eigenvalue weighted by molar-refractivity contribution is 7.41. The van der Waals surface area contributed by atoms with E-state index in [0.717, 1.165) is 5.56 Å². The van der Waals surface area contributed by atoms with Crippen LogP contribution in [0.3, 0.4) is 0 Å². The first-order valence-electron chi connectivity index (χ1n) is 7.24. The molecule has 0 aromatic heterocycles. The average molecular weight is 342 g/mol. The third-order valence-electron chi connectivity index (χ3n) is 2.41. The predicted molar refractivity (Wildman–Crippen MR) is 88.2 cm³/mol. The van der Waals surface area contributed by atoms with E-state index in [1.807, 2.05) is 26.0 Å². The second kappa shape index (κ2) is 12.1. The first-order chi connectivity index (χ1) is 11.2. The molecule has 0 heterocycles. The van der Waals surface area contributed by atoms with Gasteiger partial charge in [0.1, 0.15) is 18.1 Å². The van der Waals surface area contributed by atoms with Crippen LogP contribution in [0.1, 0.15) is 19.4 Å². The zero-order valence-corrected chi connectivity index (χ0v) is 14.6. The molecular weight excluding hydrogens is 319 g/mol. The summed E-state index contributed by atoms with van der Waals surface area (Å²) in [6.45, 7) is 5.47. The highest BCUT2D eigenvalue weighted by Gasteiger charge is 2.12. The molecule has 0 saturated heterocycles. The van der Waals surface area contributed by atoms with Crippen molar-refractivity contribution in [2.24, 2.45) is 0 Å². The smallest absolute Gasteiger partial charge is 0.332 e. The molecule has 0 aliphatic heterocycles. The topological polar surface area (TPSA) is 55.4 Å². The van der Waals surface area contributed by atoms with E-state index >= 15 is 0 Å². The van der Waals surface area contributed by atoms with Gasteiger partial charge in [-0.15, -0.1) is 6.42 Å². The molecule has 6 nitrogen and oxygen atoms in total. The number of hydrogen-bond donors (Lipinski definition) is 0. The Balaban J connectivity index is 2.75. The van der Waals surface area contributed by atoms with Gasteiger partial charge in [-0.1, -0.05) is 5.92 Å². The highest BCUT2D eigenvalue weighted by atomic mass is 31.2. The molecule has 1 aromatic carbocycles. The zero-order chi connectivity index (χ0) is 16.9. The lowest BCUT2D eigenvalue weighted by Gasteiger charge is -2.16. The molecule has 0 amide bonds. The van der Waals surface area contributed by atoms with Gasteiger partial charge in [-0.05, 0) is 31.5 Å². The zero-order valence-electron chi connectivity index (χ0n) is 13.7. The van der Waals surface area contributed by atoms with Crippen LogP contribution in [0.2, 0.25) is 0 Å². The van der Waals surface area contributed by atoms with E-state index in [-0.39, 0.29) is 13.4 Å². The van der Waals surface area contributed by atoms with Crippen molar-refractivity contribution >= 4 is 8.60 Å². The van der Waals surface area contributed by atoms with Gasteiger partial charge < -0.3 is 27.8 Å². The van der Waals surface area contributed by atoms with Crippen molar-refractivity contribution in [3.05, 3.63) is 23.8 Å². The number of methoxy groups -OCH3 is 1. The van der Waals surface area contributed by atoms with Crippen LogP contribution in [-0.2, 0) is 24.9 Å². The number of terminal acetylenes is 1. The van der Waals surface area contributed by atoms with Crippen LogP contribution in [0.5, 0.6) is 11.5 Å². The van der Waals surface area contributed by atoms with Crippen molar-refractivity contribution in [2.45, 2.75) is 20.5 Å². The Hall–Kier alpha value is -1.35. The van der Waals surface area contributed by atoms with Gasteiger partial charge in [-0.2, -0.15) is 0 Å². The minimum Gasteiger partial charge on any atom is -0.481 e. The highest BCUT2D eigenvalue weighted by Crippen LogP contribution is 2.40. The van der Waals surface area contributed by atoms with Crippen molar-refractivity contribution in [1.29, 1.82) is 0 Å². The van der Waals surface area contributed by atoms with Gasteiger partial charge in [0.2, 0.25) is 0 Å². The molecule has 0 N–H and O–H groups in total. The number of ether oxygens (including phenoxy) is 3. The molecule has 0 radical (unpaired) electrons. The Morgan fingerprint density at radius 2 is 1.65 bits per heavy atom. The van der Waals surface area contributed by atoms with E-state index in [9.17, 15) is 0 Å². The third kappa shape index (κ3) is 8.17. The van der Waals surface area contributed by atoms with Gasteiger partial charge in [0.15, 0.2) is 6.79 Å². The van der Waals surface area contributed by atoms with Crippen LogP contribution < -0.4 is 9.47 Å². The molecule has 0 aliphatic rings. The molecule has 0 saturated carbocycles. The molecule has 0 fully saturated rings. The largest absolute Gasteiger partial charge is 0.481 e. The molecule has 0 unspecified atom stereocenters. The summed E-state index contributed by atoms with van der Waals surface area (Å²) in [7, 11) is 0.191. The Morgan fingerprint density at radius 1 is 1.00 bits per heavy atom. The molecule has 0 aliphatic carbocycles. The first kappa shape index (κ1) is 19.7. The van der Waals surface area contributed by atoms with Gasteiger partial charge in [0, 0.05) is 13.2 Å². The van der Waals surface area contributed by atoms with Crippen LogP contribution in [0.15, 0.2) is 18.2 Å². The summed E-state index contributed by atoms with van der Waals surface area (Å²) in [5, 5.41) is 0. The number of benzene rings is 1. The van der Waals surface area contributed by atoms with Gasteiger partial charge in [0.05, 0.1) is 19.8 Å². The summed E-state index contributed by atoms with van der Waals surface area (Å²) in [5.41, 5.74) is 0.859. The molecule has 0 spiro atoms.